The molecule has 0 unspecified atom stereocenters. The van der Waals surface area contributed by atoms with Crippen molar-refractivity contribution in [3.63, 3.8) is 0 Å². The molecular weight excluding hydrogens is 352 g/mol. The summed E-state index contributed by atoms with van der Waals surface area (Å²) in [4.78, 5) is 28.0. The highest BCUT2D eigenvalue weighted by molar-refractivity contribution is 6.05. The first-order valence-corrected chi connectivity index (χ1v) is 9.67. The molecule has 0 saturated carbocycles. The summed E-state index contributed by atoms with van der Waals surface area (Å²) in [6.45, 7) is 2.25. The fraction of sp³-hybridized carbons (Fsp3) is 0.318. The number of carbonyl (C=O) groups excluding carboxylic acids is 2. The van der Waals surface area contributed by atoms with Crippen LogP contribution in [-0.4, -0.2) is 23.3 Å². The Hall–Kier alpha value is -3.15. The third kappa shape index (κ3) is 5.94. The number of aromatic nitrogens is 1. The Bertz CT molecular complexity index is 876. The Labute approximate surface area is 165 Å². The number of allylic oxidation sites excluding steroid dienone is 1. The second kappa shape index (κ2) is 9.69. The zero-order valence-corrected chi connectivity index (χ0v) is 16.1. The van der Waals surface area contributed by atoms with Crippen molar-refractivity contribution in [1.82, 2.24) is 4.98 Å². The van der Waals surface area contributed by atoms with Crippen LogP contribution in [0.3, 0.4) is 0 Å². The summed E-state index contributed by atoms with van der Waals surface area (Å²) in [5.41, 5.74) is 3.29. The first kappa shape index (κ1) is 19.6. The number of rotatable bonds is 7. The maximum absolute atomic E-state index is 12.6. The van der Waals surface area contributed by atoms with E-state index < -0.39 is 0 Å². The summed E-state index contributed by atoms with van der Waals surface area (Å²) < 4.78 is 0. The lowest BCUT2D eigenvalue weighted by molar-refractivity contribution is -0.114. The Morgan fingerprint density at radius 1 is 1.07 bits per heavy atom. The first-order valence-electron chi connectivity index (χ1n) is 9.67. The lowest BCUT2D eigenvalue weighted by Gasteiger charge is -2.13. The molecule has 146 valence electrons. The van der Waals surface area contributed by atoms with Gasteiger partial charge in [-0.05, 0) is 62.4 Å². The summed E-state index contributed by atoms with van der Waals surface area (Å²) in [6, 6.07) is 10.5. The van der Waals surface area contributed by atoms with Crippen molar-refractivity contribution in [3.8, 4) is 0 Å². The summed E-state index contributed by atoms with van der Waals surface area (Å²) in [6.07, 6.45) is 9.93. The molecule has 3 N–H and O–H groups in total. The molecule has 28 heavy (non-hydrogen) atoms. The summed E-state index contributed by atoms with van der Waals surface area (Å²) in [5, 5.41) is 8.86. The van der Waals surface area contributed by atoms with Gasteiger partial charge in [-0.1, -0.05) is 17.7 Å². The Morgan fingerprint density at radius 2 is 1.89 bits per heavy atom. The van der Waals surface area contributed by atoms with E-state index in [1.54, 1.807) is 42.6 Å². The minimum atomic E-state index is -0.222. The molecule has 1 aromatic heterocycles. The molecule has 3 rings (SSSR count). The molecule has 0 radical (unpaired) electrons. The Morgan fingerprint density at radius 3 is 2.64 bits per heavy atom. The van der Waals surface area contributed by atoms with Gasteiger partial charge in [-0.15, -0.1) is 0 Å². The number of nitrogens with one attached hydrogen (secondary N) is 3. The molecule has 1 aromatic carbocycles. The molecule has 2 aromatic rings. The highest BCUT2D eigenvalue weighted by Crippen LogP contribution is 2.20. The molecule has 6 heteroatoms. The molecule has 6 nitrogen and oxygen atoms in total. The van der Waals surface area contributed by atoms with Crippen molar-refractivity contribution >= 4 is 29.0 Å². The van der Waals surface area contributed by atoms with Gasteiger partial charge in [0.25, 0.3) is 5.91 Å². The van der Waals surface area contributed by atoms with Gasteiger partial charge in [-0.25, -0.2) is 4.98 Å². The molecule has 0 atom stereocenters. The van der Waals surface area contributed by atoms with E-state index in [4.69, 9.17) is 0 Å². The van der Waals surface area contributed by atoms with Gasteiger partial charge >= 0.3 is 0 Å². The molecule has 1 aliphatic carbocycles. The van der Waals surface area contributed by atoms with E-state index >= 15 is 0 Å². The van der Waals surface area contributed by atoms with E-state index in [-0.39, 0.29) is 11.8 Å². The van der Waals surface area contributed by atoms with Gasteiger partial charge in [0.05, 0.1) is 0 Å². The monoisotopic (exact) mass is 378 g/mol. The van der Waals surface area contributed by atoms with Gasteiger partial charge in [0.15, 0.2) is 0 Å². The predicted molar refractivity (Wildman–Crippen MR) is 113 cm³/mol. The van der Waals surface area contributed by atoms with E-state index in [9.17, 15) is 9.59 Å². The fourth-order valence-electron chi connectivity index (χ4n) is 3.23. The molecule has 0 bridgehead atoms. The minimum absolute atomic E-state index is 0.155. The lowest BCUT2D eigenvalue weighted by atomic mass is 9.97. The summed E-state index contributed by atoms with van der Waals surface area (Å²) >= 11 is 0. The molecule has 1 aliphatic rings. The number of pyridine rings is 1. The van der Waals surface area contributed by atoms with Crippen LogP contribution in [-0.2, 0) is 4.79 Å². The number of anilines is 3. The second-order valence-corrected chi connectivity index (χ2v) is 6.93. The quantitative estimate of drug-likeness (QED) is 0.615. The molecule has 0 saturated heterocycles. The second-order valence-electron chi connectivity index (χ2n) is 6.93. The van der Waals surface area contributed by atoms with Crippen LogP contribution >= 0.6 is 0 Å². The van der Waals surface area contributed by atoms with Crippen LogP contribution in [0.2, 0.25) is 0 Å². The average molecular weight is 378 g/mol. The van der Waals surface area contributed by atoms with E-state index in [1.165, 1.54) is 38.2 Å². The predicted octanol–water partition coefficient (Wildman–Crippen LogP) is 4.59. The van der Waals surface area contributed by atoms with Crippen LogP contribution in [0.5, 0.6) is 0 Å². The number of hydrogen-bond acceptors (Lipinski definition) is 4. The van der Waals surface area contributed by atoms with Gasteiger partial charge in [0.2, 0.25) is 5.91 Å². The molecule has 0 fully saturated rings. The number of hydrogen-bond donors (Lipinski definition) is 3. The SMILES string of the molecule is CC(=O)Nc1cccc(NC(=O)c2ccnc(NCCC3=CCCCC3)c2)c1. The van der Waals surface area contributed by atoms with Gasteiger partial charge < -0.3 is 16.0 Å². The van der Waals surface area contributed by atoms with Crippen LogP contribution in [0.1, 0.15) is 49.4 Å². The van der Waals surface area contributed by atoms with Crippen molar-refractivity contribution in [1.29, 1.82) is 0 Å². The maximum Gasteiger partial charge on any atom is 0.255 e. The third-order valence-electron chi connectivity index (χ3n) is 4.60. The number of benzene rings is 1. The van der Waals surface area contributed by atoms with Crippen molar-refractivity contribution in [3.05, 3.63) is 59.8 Å². The van der Waals surface area contributed by atoms with Gasteiger partial charge in [0, 0.05) is 36.6 Å². The Kier molecular flexibility index (Phi) is 6.78. The van der Waals surface area contributed by atoms with Crippen LogP contribution in [0.25, 0.3) is 0 Å². The lowest BCUT2D eigenvalue weighted by Crippen LogP contribution is -2.13. The molecule has 0 aliphatic heterocycles. The topological polar surface area (TPSA) is 83.1 Å². The van der Waals surface area contributed by atoms with E-state index in [0.29, 0.717) is 22.8 Å². The smallest absolute Gasteiger partial charge is 0.255 e. The standard InChI is InChI=1S/C22H26N4O2/c1-16(27)25-19-8-5-9-20(15-19)26-22(28)18-11-13-24-21(14-18)23-12-10-17-6-3-2-4-7-17/h5-6,8-9,11,13-15H,2-4,7,10,12H2,1H3,(H,23,24)(H,25,27)(H,26,28). The van der Waals surface area contributed by atoms with Crippen molar-refractivity contribution in [2.75, 3.05) is 22.5 Å². The minimum Gasteiger partial charge on any atom is -0.370 e. The van der Waals surface area contributed by atoms with Crippen LogP contribution in [0, 0.1) is 0 Å². The zero-order chi connectivity index (χ0) is 19.8. The van der Waals surface area contributed by atoms with E-state index in [0.717, 1.165) is 13.0 Å². The average Bonchev–Trinajstić information content (AvgIpc) is 2.69. The van der Waals surface area contributed by atoms with E-state index in [1.807, 2.05) is 0 Å². The van der Waals surface area contributed by atoms with Gasteiger partial charge in [-0.3, -0.25) is 9.59 Å². The molecular formula is C22H26N4O2. The fourth-order valence-corrected chi connectivity index (χ4v) is 3.23. The summed E-state index contributed by atoms with van der Waals surface area (Å²) in [7, 11) is 0. The van der Waals surface area contributed by atoms with Crippen molar-refractivity contribution in [2.45, 2.75) is 39.0 Å². The van der Waals surface area contributed by atoms with Gasteiger partial charge in [-0.2, -0.15) is 0 Å². The summed E-state index contributed by atoms with van der Waals surface area (Å²) in [5.74, 6) is 0.314. The van der Waals surface area contributed by atoms with Crippen molar-refractivity contribution < 1.29 is 9.59 Å². The highest BCUT2D eigenvalue weighted by atomic mass is 16.2. The van der Waals surface area contributed by atoms with Gasteiger partial charge in [0.1, 0.15) is 5.82 Å². The molecule has 0 spiro atoms. The largest absolute Gasteiger partial charge is 0.370 e. The first-order chi connectivity index (χ1) is 13.6. The van der Waals surface area contributed by atoms with Crippen molar-refractivity contribution in [2.24, 2.45) is 0 Å². The van der Waals surface area contributed by atoms with Crippen LogP contribution < -0.4 is 16.0 Å². The number of carbonyl (C=O) groups is 2. The number of amides is 2. The highest BCUT2D eigenvalue weighted by Gasteiger charge is 2.09. The zero-order valence-electron chi connectivity index (χ0n) is 16.1. The normalized spacial score (nSPS) is 13.4. The van der Waals surface area contributed by atoms with E-state index in [2.05, 4.69) is 27.0 Å². The molecule has 2 amide bonds. The number of nitrogens with zero attached hydrogens (tertiary/aromatic N) is 1. The van der Waals surface area contributed by atoms with Crippen LogP contribution in [0.15, 0.2) is 54.2 Å². The maximum atomic E-state index is 12.6. The Balaban J connectivity index is 1.57. The van der Waals surface area contributed by atoms with Crippen LogP contribution in [0.4, 0.5) is 17.2 Å². The molecule has 1 heterocycles. The third-order valence-corrected chi connectivity index (χ3v) is 4.60.